The van der Waals surface area contributed by atoms with Gasteiger partial charge in [0.05, 0.1) is 0 Å². The fraction of sp³-hybridized carbons (Fsp3) is 0.500. The molecule has 1 aliphatic rings. The van der Waals surface area contributed by atoms with Gasteiger partial charge in [-0.1, -0.05) is 69.0 Å². The fourth-order valence-electron chi connectivity index (χ4n) is 3.76. The molecule has 2 aromatic carbocycles. The Balaban J connectivity index is 1.96. The molecule has 0 radical (unpaired) electrons. The topological polar surface area (TPSA) is 0 Å². The van der Waals surface area contributed by atoms with Crippen LogP contribution in [0.5, 0.6) is 0 Å². The molecule has 0 spiro atoms. The maximum atomic E-state index is 2.43. The third-order valence-corrected chi connectivity index (χ3v) is 4.89. The summed E-state index contributed by atoms with van der Waals surface area (Å²) in [4.78, 5) is 0. The van der Waals surface area contributed by atoms with Crippen LogP contribution in [0.15, 0.2) is 36.4 Å². The highest BCUT2D eigenvalue weighted by molar-refractivity contribution is 5.89. The second-order valence-electron chi connectivity index (χ2n) is 6.30. The van der Waals surface area contributed by atoms with Gasteiger partial charge in [-0.15, -0.1) is 0 Å². The first-order valence-corrected chi connectivity index (χ1v) is 8.40. The zero-order valence-electron chi connectivity index (χ0n) is 12.7. The van der Waals surface area contributed by atoms with Crippen molar-refractivity contribution < 1.29 is 0 Å². The number of hydrogen-bond acceptors (Lipinski definition) is 0. The van der Waals surface area contributed by atoms with Crippen LogP contribution in [0.3, 0.4) is 0 Å². The van der Waals surface area contributed by atoms with E-state index in [1.807, 2.05) is 0 Å². The standard InChI is InChI=1S/C20H26/c1-2-3-4-9-17-14-15-19(16-10-5-6-11-16)20-13-8-7-12-18(17)20/h7-8,12-16H,2-6,9-11H2,1H3. The molecule has 0 aromatic heterocycles. The molecule has 1 aliphatic carbocycles. The van der Waals surface area contributed by atoms with E-state index in [0.29, 0.717) is 0 Å². The second kappa shape index (κ2) is 6.43. The molecule has 0 nitrogen and oxygen atoms in total. The van der Waals surface area contributed by atoms with Crippen molar-refractivity contribution in [3.05, 3.63) is 47.5 Å². The maximum absolute atomic E-state index is 2.43. The molecule has 0 heterocycles. The van der Waals surface area contributed by atoms with E-state index in [2.05, 4.69) is 43.3 Å². The van der Waals surface area contributed by atoms with Crippen LogP contribution in [0.4, 0.5) is 0 Å². The van der Waals surface area contributed by atoms with Gasteiger partial charge in [0.1, 0.15) is 0 Å². The monoisotopic (exact) mass is 266 g/mol. The lowest BCUT2D eigenvalue weighted by atomic mass is 9.89. The van der Waals surface area contributed by atoms with Crippen molar-refractivity contribution in [1.29, 1.82) is 0 Å². The van der Waals surface area contributed by atoms with Crippen molar-refractivity contribution in [1.82, 2.24) is 0 Å². The van der Waals surface area contributed by atoms with Crippen LogP contribution in [-0.2, 0) is 6.42 Å². The lowest BCUT2D eigenvalue weighted by Crippen LogP contribution is -1.96. The molecule has 3 rings (SSSR count). The SMILES string of the molecule is CCCCCc1ccc(C2CCCC2)c2ccccc12. The molecule has 0 amide bonds. The van der Waals surface area contributed by atoms with Crippen molar-refractivity contribution in [3.8, 4) is 0 Å². The van der Waals surface area contributed by atoms with Crippen LogP contribution in [0.2, 0.25) is 0 Å². The quantitative estimate of drug-likeness (QED) is 0.563. The van der Waals surface area contributed by atoms with Crippen LogP contribution >= 0.6 is 0 Å². The Hall–Kier alpha value is -1.30. The summed E-state index contributed by atoms with van der Waals surface area (Å²) >= 11 is 0. The molecule has 0 N–H and O–H groups in total. The van der Waals surface area contributed by atoms with Gasteiger partial charge < -0.3 is 0 Å². The van der Waals surface area contributed by atoms with Gasteiger partial charge in [0.25, 0.3) is 0 Å². The Kier molecular flexibility index (Phi) is 4.40. The minimum Gasteiger partial charge on any atom is -0.0654 e. The molecule has 20 heavy (non-hydrogen) atoms. The Labute approximate surface area is 123 Å². The van der Waals surface area contributed by atoms with Crippen LogP contribution < -0.4 is 0 Å². The Morgan fingerprint density at radius 3 is 2.40 bits per heavy atom. The second-order valence-corrected chi connectivity index (χ2v) is 6.30. The molecule has 0 saturated heterocycles. The Bertz CT molecular complexity index is 561. The zero-order valence-corrected chi connectivity index (χ0v) is 12.7. The normalized spacial score (nSPS) is 16.1. The first-order valence-electron chi connectivity index (χ1n) is 8.40. The van der Waals surface area contributed by atoms with E-state index < -0.39 is 0 Å². The van der Waals surface area contributed by atoms with Gasteiger partial charge in [0.2, 0.25) is 0 Å². The first kappa shape index (κ1) is 13.7. The van der Waals surface area contributed by atoms with E-state index >= 15 is 0 Å². The van der Waals surface area contributed by atoms with Crippen LogP contribution in [-0.4, -0.2) is 0 Å². The number of unbranched alkanes of at least 4 members (excludes halogenated alkanes) is 2. The lowest BCUT2D eigenvalue weighted by molar-refractivity contribution is 0.716. The average molecular weight is 266 g/mol. The minimum atomic E-state index is 0.810. The highest BCUT2D eigenvalue weighted by Gasteiger charge is 2.19. The van der Waals surface area contributed by atoms with Crippen molar-refractivity contribution in [3.63, 3.8) is 0 Å². The molecule has 106 valence electrons. The molecule has 0 bridgehead atoms. The van der Waals surface area contributed by atoms with Crippen LogP contribution in [0.25, 0.3) is 10.8 Å². The Morgan fingerprint density at radius 1 is 0.900 bits per heavy atom. The van der Waals surface area contributed by atoms with E-state index in [4.69, 9.17) is 0 Å². The summed E-state index contributed by atoms with van der Waals surface area (Å²) in [7, 11) is 0. The van der Waals surface area contributed by atoms with Gasteiger partial charge in [0.15, 0.2) is 0 Å². The van der Waals surface area contributed by atoms with Gasteiger partial charge in [-0.3, -0.25) is 0 Å². The van der Waals surface area contributed by atoms with E-state index in [1.165, 1.54) is 62.1 Å². The highest BCUT2D eigenvalue weighted by atomic mass is 14.2. The summed E-state index contributed by atoms with van der Waals surface area (Å²) in [6.45, 7) is 2.28. The fourth-order valence-corrected chi connectivity index (χ4v) is 3.76. The van der Waals surface area contributed by atoms with E-state index in [-0.39, 0.29) is 0 Å². The molecule has 0 unspecified atom stereocenters. The summed E-state index contributed by atoms with van der Waals surface area (Å²) < 4.78 is 0. The number of hydrogen-bond donors (Lipinski definition) is 0. The summed E-state index contributed by atoms with van der Waals surface area (Å²) in [5.74, 6) is 0.810. The molecular formula is C20H26. The zero-order chi connectivity index (χ0) is 13.8. The first-order chi connectivity index (χ1) is 9.90. The molecular weight excluding hydrogens is 240 g/mol. The van der Waals surface area contributed by atoms with Gasteiger partial charge in [0, 0.05) is 0 Å². The minimum absolute atomic E-state index is 0.810. The van der Waals surface area contributed by atoms with Gasteiger partial charge in [-0.2, -0.15) is 0 Å². The summed E-state index contributed by atoms with van der Waals surface area (Å²) in [6.07, 6.45) is 10.8. The van der Waals surface area contributed by atoms with Gasteiger partial charge >= 0.3 is 0 Å². The van der Waals surface area contributed by atoms with E-state index in [1.54, 1.807) is 11.1 Å². The molecule has 1 fully saturated rings. The smallest absolute Gasteiger partial charge is 0.0146 e. The number of rotatable bonds is 5. The largest absolute Gasteiger partial charge is 0.0654 e. The molecule has 0 aliphatic heterocycles. The molecule has 0 atom stereocenters. The number of aryl methyl sites for hydroxylation is 1. The molecule has 2 aromatic rings. The molecule has 1 saturated carbocycles. The maximum Gasteiger partial charge on any atom is -0.0146 e. The van der Waals surface area contributed by atoms with Gasteiger partial charge in [-0.25, -0.2) is 0 Å². The lowest BCUT2D eigenvalue weighted by Gasteiger charge is -2.16. The van der Waals surface area contributed by atoms with Crippen LogP contribution in [0.1, 0.15) is 68.9 Å². The predicted molar refractivity (Wildman–Crippen MR) is 88.4 cm³/mol. The van der Waals surface area contributed by atoms with Crippen molar-refractivity contribution in [2.45, 2.75) is 64.2 Å². The summed E-state index contributed by atoms with van der Waals surface area (Å²) in [5, 5.41) is 3.03. The molecule has 0 heteroatoms. The van der Waals surface area contributed by atoms with E-state index in [0.717, 1.165) is 5.92 Å². The number of benzene rings is 2. The van der Waals surface area contributed by atoms with E-state index in [9.17, 15) is 0 Å². The average Bonchev–Trinajstić information content (AvgIpc) is 3.01. The van der Waals surface area contributed by atoms with Gasteiger partial charge in [-0.05, 0) is 53.5 Å². The third kappa shape index (κ3) is 2.75. The third-order valence-electron chi connectivity index (χ3n) is 4.89. The van der Waals surface area contributed by atoms with Crippen molar-refractivity contribution in [2.75, 3.05) is 0 Å². The Morgan fingerprint density at radius 2 is 1.65 bits per heavy atom. The predicted octanol–water partition coefficient (Wildman–Crippen LogP) is 6.23. The van der Waals surface area contributed by atoms with Crippen molar-refractivity contribution in [2.24, 2.45) is 0 Å². The van der Waals surface area contributed by atoms with Crippen LogP contribution in [0, 0.1) is 0 Å². The summed E-state index contributed by atoms with van der Waals surface area (Å²) in [6, 6.07) is 13.9. The summed E-state index contributed by atoms with van der Waals surface area (Å²) in [5.41, 5.74) is 3.16. The highest BCUT2D eigenvalue weighted by Crippen LogP contribution is 2.38. The van der Waals surface area contributed by atoms with Crippen molar-refractivity contribution >= 4 is 10.8 Å². The number of fused-ring (bicyclic) bond motifs is 1.